The van der Waals surface area contributed by atoms with Crippen LogP contribution in [0.25, 0.3) is 0 Å². The zero-order chi connectivity index (χ0) is 20.9. The summed E-state index contributed by atoms with van der Waals surface area (Å²) in [4.78, 5) is 12.6. The number of anilines is 1. The molecule has 0 spiro atoms. The fourth-order valence-electron chi connectivity index (χ4n) is 2.68. The molecular weight excluding hydrogens is 431 g/mol. The number of benzene rings is 3. The van der Waals surface area contributed by atoms with E-state index >= 15 is 0 Å². The second kappa shape index (κ2) is 9.41. The minimum absolute atomic E-state index is 0.0430. The zero-order valence-electron chi connectivity index (χ0n) is 15.3. The SMILES string of the molecule is O=C(CN(Cc1ccccc1Cl)S(=O)(=O)c1ccc(Cl)cc1)Nc1ccccc1. The smallest absolute Gasteiger partial charge is 0.243 e. The zero-order valence-corrected chi connectivity index (χ0v) is 17.6. The second-order valence-electron chi connectivity index (χ2n) is 6.23. The fourth-order valence-corrected chi connectivity index (χ4v) is 4.38. The van der Waals surface area contributed by atoms with Gasteiger partial charge in [0.1, 0.15) is 0 Å². The van der Waals surface area contributed by atoms with Gasteiger partial charge < -0.3 is 5.32 Å². The van der Waals surface area contributed by atoms with E-state index in [-0.39, 0.29) is 18.0 Å². The molecule has 0 aliphatic rings. The summed E-state index contributed by atoms with van der Waals surface area (Å²) in [5.41, 5.74) is 1.18. The summed E-state index contributed by atoms with van der Waals surface area (Å²) < 4.78 is 27.5. The Morgan fingerprint density at radius 1 is 0.862 bits per heavy atom. The molecule has 0 atom stereocenters. The third kappa shape index (κ3) is 5.58. The highest BCUT2D eigenvalue weighted by molar-refractivity contribution is 7.89. The maximum Gasteiger partial charge on any atom is 0.243 e. The van der Waals surface area contributed by atoms with Crippen LogP contribution >= 0.6 is 23.2 Å². The minimum Gasteiger partial charge on any atom is -0.325 e. The van der Waals surface area contributed by atoms with Crippen molar-refractivity contribution in [1.82, 2.24) is 4.31 Å². The molecule has 0 radical (unpaired) electrons. The summed E-state index contributed by atoms with van der Waals surface area (Å²) >= 11 is 12.1. The number of rotatable bonds is 7. The molecular formula is C21H18Cl2N2O3S. The first-order valence-corrected chi connectivity index (χ1v) is 10.9. The highest BCUT2D eigenvalue weighted by atomic mass is 35.5. The lowest BCUT2D eigenvalue weighted by atomic mass is 10.2. The van der Waals surface area contributed by atoms with Gasteiger partial charge in [0.05, 0.1) is 11.4 Å². The van der Waals surface area contributed by atoms with Gasteiger partial charge in [-0.1, -0.05) is 59.6 Å². The average Bonchev–Trinajstić information content (AvgIpc) is 2.70. The Morgan fingerprint density at radius 3 is 2.14 bits per heavy atom. The van der Waals surface area contributed by atoms with E-state index in [0.29, 0.717) is 21.3 Å². The summed E-state index contributed by atoms with van der Waals surface area (Å²) in [6.07, 6.45) is 0. The van der Waals surface area contributed by atoms with Crippen LogP contribution in [0.3, 0.4) is 0 Å². The van der Waals surface area contributed by atoms with Gasteiger partial charge in [-0.2, -0.15) is 4.31 Å². The first-order chi connectivity index (χ1) is 13.9. The molecule has 0 bridgehead atoms. The second-order valence-corrected chi connectivity index (χ2v) is 9.01. The van der Waals surface area contributed by atoms with Crippen molar-refractivity contribution in [3.05, 3.63) is 94.5 Å². The van der Waals surface area contributed by atoms with Gasteiger partial charge in [-0.05, 0) is 48.0 Å². The molecule has 3 rings (SSSR count). The molecule has 0 aliphatic carbocycles. The number of sulfonamides is 1. The van der Waals surface area contributed by atoms with Crippen molar-refractivity contribution in [1.29, 1.82) is 0 Å². The van der Waals surface area contributed by atoms with Crippen LogP contribution in [0.15, 0.2) is 83.8 Å². The Balaban J connectivity index is 1.89. The van der Waals surface area contributed by atoms with E-state index < -0.39 is 15.9 Å². The average molecular weight is 449 g/mol. The molecule has 29 heavy (non-hydrogen) atoms. The van der Waals surface area contributed by atoms with Gasteiger partial charge in [0.25, 0.3) is 0 Å². The van der Waals surface area contributed by atoms with Crippen LogP contribution in [0.5, 0.6) is 0 Å². The van der Waals surface area contributed by atoms with Crippen molar-refractivity contribution in [3.63, 3.8) is 0 Å². The molecule has 3 aromatic rings. The van der Waals surface area contributed by atoms with Crippen LogP contribution in [0.2, 0.25) is 10.0 Å². The predicted octanol–water partition coefficient (Wildman–Crippen LogP) is 4.82. The summed E-state index contributed by atoms with van der Waals surface area (Å²) in [5.74, 6) is -0.458. The Labute approximate surface area is 179 Å². The van der Waals surface area contributed by atoms with Crippen LogP contribution in [0.1, 0.15) is 5.56 Å². The van der Waals surface area contributed by atoms with Gasteiger partial charge in [0.2, 0.25) is 15.9 Å². The largest absolute Gasteiger partial charge is 0.325 e. The number of halogens is 2. The number of hydrogen-bond donors (Lipinski definition) is 1. The minimum atomic E-state index is -3.96. The molecule has 1 N–H and O–H groups in total. The van der Waals surface area contributed by atoms with Gasteiger partial charge >= 0.3 is 0 Å². The summed E-state index contributed by atoms with van der Waals surface area (Å²) in [6.45, 7) is -0.419. The van der Waals surface area contributed by atoms with E-state index in [1.165, 1.54) is 24.3 Å². The number of nitrogens with zero attached hydrogens (tertiary/aromatic N) is 1. The number of carbonyl (C=O) groups excluding carboxylic acids is 1. The first-order valence-electron chi connectivity index (χ1n) is 8.70. The van der Waals surface area contributed by atoms with Gasteiger partial charge in [-0.25, -0.2) is 8.42 Å². The first kappa shape index (κ1) is 21.3. The van der Waals surface area contributed by atoms with Gasteiger partial charge in [0.15, 0.2) is 0 Å². The van der Waals surface area contributed by atoms with Gasteiger partial charge in [-0.15, -0.1) is 0 Å². The molecule has 0 unspecified atom stereocenters. The Hall–Kier alpha value is -2.38. The lowest BCUT2D eigenvalue weighted by Crippen LogP contribution is -2.37. The van der Waals surface area contributed by atoms with Crippen LogP contribution in [0, 0.1) is 0 Å². The van der Waals surface area contributed by atoms with Crippen LogP contribution in [0.4, 0.5) is 5.69 Å². The van der Waals surface area contributed by atoms with Crippen molar-refractivity contribution in [3.8, 4) is 0 Å². The molecule has 0 aromatic heterocycles. The highest BCUT2D eigenvalue weighted by Gasteiger charge is 2.27. The van der Waals surface area contributed by atoms with Crippen molar-refractivity contribution in [2.24, 2.45) is 0 Å². The van der Waals surface area contributed by atoms with E-state index in [0.717, 1.165) is 4.31 Å². The molecule has 0 saturated heterocycles. The number of para-hydroxylation sites is 1. The fraction of sp³-hybridized carbons (Fsp3) is 0.0952. The molecule has 0 fully saturated rings. The van der Waals surface area contributed by atoms with Crippen molar-refractivity contribution < 1.29 is 13.2 Å². The third-order valence-electron chi connectivity index (χ3n) is 4.13. The Morgan fingerprint density at radius 2 is 1.48 bits per heavy atom. The molecule has 1 amide bonds. The van der Waals surface area contributed by atoms with E-state index in [4.69, 9.17) is 23.2 Å². The van der Waals surface area contributed by atoms with E-state index in [2.05, 4.69) is 5.32 Å². The number of hydrogen-bond acceptors (Lipinski definition) is 3. The monoisotopic (exact) mass is 448 g/mol. The molecule has 5 nitrogen and oxygen atoms in total. The van der Waals surface area contributed by atoms with E-state index in [9.17, 15) is 13.2 Å². The van der Waals surface area contributed by atoms with Crippen molar-refractivity contribution in [2.75, 3.05) is 11.9 Å². The third-order valence-corrected chi connectivity index (χ3v) is 6.56. The van der Waals surface area contributed by atoms with Crippen LogP contribution < -0.4 is 5.32 Å². The standard InChI is InChI=1S/C21H18Cl2N2O3S/c22-17-10-12-19(13-11-17)29(27,28)25(14-16-6-4-5-9-20(16)23)15-21(26)24-18-7-2-1-3-8-18/h1-13H,14-15H2,(H,24,26). The maximum atomic E-state index is 13.2. The lowest BCUT2D eigenvalue weighted by molar-refractivity contribution is -0.116. The molecule has 0 aliphatic heterocycles. The number of amides is 1. The molecule has 150 valence electrons. The van der Waals surface area contributed by atoms with Gasteiger partial charge in [0, 0.05) is 22.3 Å². The summed E-state index contributed by atoms with van der Waals surface area (Å²) in [5, 5.41) is 3.55. The van der Waals surface area contributed by atoms with E-state index in [1.54, 1.807) is 48.5 Å². The summed E-state index contributed by atoms with van der Waals surface area (Å²) in [7, 11) is -3.96. The quantitative estimate of drug-likeness (QED) is 0.562. The number of nitrogens with one attached hydrogen (secondary N) is 1. The molecule has 3 aromatic carbocycles. The van der Waals surface area contributed by atoms with Gasteiger partial charge in [-0.3, -0.25) is 4.79 Å². The normalized spacial score (nSPS) is 11.4. The molecule has 0 heterocycles. The summed E-state index contributed by atoms with van der Waals surface area (Å²) in [6, 6.07) is 21.6. The van der Waals surface area contributed by atoms with Crippen molar-refractivity contribution in [2.45, 2.75) is 11.4 Å². The lowest BCUT2D eigenvalue weighted by Gasteiger charge is -2.22. The molecule has 8 heteroatoms. The maximum absolute atomic E-state index is 13.2. The van der Waals surface area contributed by atoms with Crippen LogP contribution in [-0.4, -0.2) is 25.2 Å². The predicted molar refractivity (Wildman–Crippen MR) is 116 cm³/mol. The highest BCUT2D eigenvalue weighted by Crippen LogP contribution is 2.23. The molecule has 0 saturated carbocycles. The van der Waals surface area contributed by atoms with E-state index in [1.807, 2.05) is 6.07 Å². The number of carbonyl (C=O) groups is 1. The Bertz CT molecular complexity index is 1090. The topological polar surface area (TPSA) is 66.5 Å². The van der Waals surface area contributed by atoms with Crippen molar-refractivity contribution >= 4 is 44.8 Å². The Kier molecular flexibility index (Phi) is 6.92. The van der Waals surface area contributed by atoms with Crippen LogP contribution in [-0.2, 0) is 21.4 Å².